The number of rotatable bonds is 8. The maximum atomic E-state index is 15.0. The van der Waals surface area contributed by atoms with Crippen LogP contribution in [0.4, 0.5) is 10.1 Å². The number of amidine groups is 1. The van der Waals surface area contributed by atoms with E-state index in [-0.39, 0.29) is 36.1 Å². The van der Waals surface area contributed by atoms with E-state index in [9.17, 15) is 17.6 Å². The fourth-order valence-electron chi connectivity index (χ4n) is 3.81. The topological polar surface area (TPSA) is 126 Å². The second kappa shape index (κ2) is 10.4. The normalized spacial score (nSPS) is 18.7. The number of nitrogens with zero attached hydrogens (tertiary/aromatic N) is 2. The Kier molecular flexibility index (Phi) is 7.84. The molecule has 11 heteroatoms. The number of sulfonamides is 1. The number of anilines is 1. The van der Waals surface area contributed by atoms with Gasteiger partial charge in [0.1, 0.15) is 18.9 Å². The van der Waals surface area contributed by atoms with Crippen LogP contribution in [0, 0.1) is 17.1 Å². The minimum Gasteiger partial charge on any atom is -0.460 e. The Balaban J connectivity index is 1.57. The molecule has 0 saturated carbocycles. The number of benzene rings is 1. The van der Waals surface area contributed by atoms with Crippen molar-refractivity contribution in [2.75, 3.05) is 50.0 Å². The van der Waals surface area contributed by atoms with Crippen LogP contribution in [0.5, 0.6) is 0 Å². The van der Waals surface area contributed by atoms with Crippen molar-refractivity contribution in [3.8, 4) is 0 Å². The SMILES string of the molecule is N=C(N)CC(=O)OCc1cccc(N2CCN(S(=O)(=O)CC3CCOCC3)CC2)c1F. The largest absolute Gasteiger partial charge is 0.460 e. The van der Waals surface area contributed by atoms with Gasteiger partial charge in [-0.2, -0.15) is 4.31 Å². The Bertz CT molecular complexity index is 897. The number of nitrogens with one attached hydrogen (secondary N) is 1. The van der Waals surface area contributed by atoms with Crippen molar-refractivity contribution in [1.29, 1.82) is 5.41 Å². The molecule has 0 unspecified atom stereocenters. The minimum absolute atomic E-state index is 0.122. The summed E-state index contributed by atoms with van der Waals surface area (Å²) in [5.74, 6) is -1.26. The predicted molar refractivity (Wildman–Crippen MR) is 114 cm³/mol. The van der Waals surface area contributed by atoms with E-state index in [0.29, 0.717) is 45.1 Å². The highest BCUT2D eigenvalue weighted by molar-refractivity contribution is 7.89. The van der Waals surface area contributed by atoms with Gasteiger partial charge in [0.15, 0.2) is 5.82 Å². The molecule has 0 aromatic heterocycles. The summed E-state index contributed by atoms with van der Waals surface area (Å²) in [5, 5.41) is 7.09. The third-order valence-corrected chi connectivity index (χ3v) is 7.59. The molecule has 2 fully saturated rings. The number of carbonyl (C=O) groups is 1. The summed E-state index contributed by atoms with van der Waals surface area (Å²) in [5.41, 5.74) is 5.72. The van der Waals surface area contributed by atoms with E-state index in [2.05, 4.69) is 0 Å². The van der Waals surface area contributed by atoms with Gasteiger partial charge in [-0.15, -0.1) is 0 Å². The van der Waals surface area contributed by atoms with Crippen LogP contribution in [0.1, 0.15) is 24.8 Å². The number of ether oxygens (including phenoxy) is 2. The van der Waals surface area contributed by atoms with Gasteiger partial charge in [0.2, 0.25) is 10.0 Å². The Morgan fingerprint density at radius 3 is 2.55 bits per heavy atom. The van der Waals surface area contributed by atoms with Gasteiger partial charge in [-0.25, -0.2) is 12.8 Å². The lowest BCUT2D eigenvalue weighted by molar-refractivity contribution is -0.143. The molecule has 0 spiro atoms. The fourth-order valence-corrected chi connectivity index (χ4v) is 5.67. The molecule has 2 saturated heterocycles. The van der Waals surface area contributed by atoms with Crippen LogP contribution in [-0.4, -0.2) is 69.7 Å². The number of hydrogen-bond acceptors (Lipinski definition) is 7. The van der Waals surface area contributed by atoms with E-state index in [0.717, 1.165) is 12.8 Å². The third-order valence-electron chi connectivity index (χ3n) is 5.54. The summed E-state index contributed by atoms with van der Waals surface area (Å²) in [4.78, 5) is 13.4. The summed E-state index contributed by atoms with van der Waals surface area (Å²) in [6.07, 6.45) is 1.17. The lowest BCUT2D eigenvalue weighted by Gasteiger charge is -2.36. The van der Waals surface area contributed by atoms with E-state index >= 15 is 0 Å². The summed E-state index contributed by atoms with van der Waals surface area (Å²) in [7, 11) is -3.36. The van der Waals surface area contributed by atoms with E-state index in [1.165, 1.54) is 10.4 Å². The summed E-state index contributed by atoms with van der Waals surface area (Å²) >= 11 is 0. The molecule has 0 bridgehead atoms. The van der Waals surface area contributed by atoms with Gasteiger partial charge in [-0.3, -0.25) is 10.2 Å². The molecule has 172 valence electrons. The molecule has 2 aliphatic rings. The van der Waals surface area contributed by atoms with Crippen LogP contribution >= 0.6 is 0 Å². The van der Waals surface area contributed by atoms with Crippen molar-refractivity contribution < 1.29 is 27.1 Å². The van der Waals surface area contributed by atoms with Gasteiger partial charge >= 0.3 is 5.97 Å². The zero-order valence-corrected chi connectivity index (χ0v) is 18.2. The van der Waals surface area contributed by atoms with Gasteiger partial charge in [0.25, 0.3) is 0 Å². The molecule has 31 heavy (non-hydrogen) atoms. The first-order chi connectivity index (χ1) is 14.8. The van der Waals surface area contributed by atoms with Crippen molar-refractivity contribution in [3.63, 3.8) is 0 Å². The zero-order chi connectivity index (χ0) is 22.4. The maximum absolute atomic E-state index is 15.0. The van der Waals surface area contributed by atoms with E-state index in [1.807, 2.05) is 0 Å². The van der Waals surface area contributed by atoms with E-state index in [4.69, 9.17) is 20.6 Å². The molecule has 1 aromatic rings. The molecule has 2 heterocycles. The molecule has 9 nitrogen and oxygen atoms in total. The van der Waals surface area contributed by atoms with Crippen molar-refractivity contribution in [3.05, 3.63) is 29.6 Å². The minimum atomic E-state index is -3.36. The highest BCUT2D eigenvalue weighted by Gasteiger charge is 2.31. The van der Waals surface area contributed by atoms with Crippen LogP contribution in [0.25, 0.3) is 0 Å². The van der Waals surface area contributed by atoms with Crippen molar-refractivity contribution in [1.82, 2.24) is 4.31 Å². The first kappa shape index (κ1) is 23.4. The first-order valence-corrected chi connectivity index (χ1v) is 11.9. The number of esters is 1. The van der Waals surface area contributed by atoms with E-state index < -0.39 is 21.8 Å². The second-order valence-corrected chi connectivity index (χ2v) is 9.85. The standard InChI is InChI=1S/C20H29FN4O5S/c21-20-16(13-30-19(26)12-18(22)23)2-1-3-17(20)24-6-8-25(9-7-24)31(27,28)14-15-4-10-29-11-5-15/h1-3,15H,4-14H2,(H3,22,23). The average Bonchev–Trinajstić information content (AvgIpc) is 2.73. The second-order valence-electron chi connectivity index (χ2n) is 7.83. The predicted octanol–water partition coefficient (Wildman–Crippen LogP) is 1.07. The number of carbonyl (C=O) groups excluding carboxylic acids is 1. The van der Waals surface area contributed by atoms with Crippen molar-refractivity contribution in [2.24, 2.45) is 11.7 Å². The quantitative estimate of drug-likeness (QED) is 0.340. The fraction of sp³-hybridized carbons (Fsp3) is 0.600. The monoisotopic (exact) mass is 456 g/mol. The van der Waals surface area contributed by atoms with Gasteiger partial charge in [0, 0.05) is 45.0 Å². The van der Waals surface area contributed by atoms with Crippen LogP contribution in [0.15, 0.2) is 18.2 Å². The summed E-state index contributed by atoms with van der Waals surface area (Å²) in [6.45, 7) is 2.28. The van der Waals surface area contributed by atoms with Crippen LogP contribution in [-0.2, 0) is 30.9 Å². The highest BCUT2D eigenvalue weighted by Crippen LogP contribution is 2.26. The molecule has 0 atom stereocenters. The smallest absolute Gasteiger partial charge is 0.313 e. The molecule has 0 aliphatic carbocycles. The van der Waals surface area contributed by atoms with E-state index in [1.54, 1.807) is 17.0 Å². The zero-order valence-electron chi connectivity index (χ0n) is 17.4. The molecule has 0 radical (unpaired) electrons. The molecule has 3 N–H and O–H groups in total. The van der Waals surface area contributed by atoms with Crippen LogP contribution in [0.3, 0.4) is 0 Å². The van der Waals surface area contributed by atoms with Crippen molar-refractivity contribution >= 4 is 27.5 Å². The maximum Gasteiger partial charge on any atom is 0.313 e. The van der Waals surface area contributed by atoms with Crippen LogP contribution < -0.4 is 10.6 Å². The third kappa shape index (κ3) is 6.37. The Labute approximate surface area is 181 Å². The summed E-state index contributed by atoms with van der Waals surface area (Å²) < 4.78 is 52.3. The molecule has 1 aromatic carbocycles. The average molecular weight is 457 g/mol. The number of nitrogens with two attached hydrogens (primary N) is 1. The highest BCUT2D eigenvalue weighted by atomic mass is 32.2. The Hall–Kier alpha value is -2.24. The molecule has 2 aliphatic heterocycles. The van der Waals surface area contributed by atoms with Gasteiger partial charge < -0.3 is 20.1 Å². The molecular weight excluding hydrogens is 427 g/mol. The van der Waals surface area contributed by atoms with Gasteiger partial charge in [-0.1, -0.05) is 12.1 Å². The molecule has 0 amide bonds. The van der Waals surface area contributed by atoms with Gasteiger partial charge in [-0.05, 0) is 24.8 Å². The number of halogens is 1. The lowest BCUT2D eigenvalue weighted by atomic mass is 10.0. The number of piperazine rings is 1. The first-order valence-electron chi connectivity index (χ1n) is 10.3. The summed E-state index contributed by atoms with van der Waals surface area (Å²) in [6, 6.07) is 4.82. The van der Waals surface area contributed by atoms with Crippen LogP contribution in [0.2, 0.25) is 0 Å². The Morgan fingerprint density at radius 1 is 1.23 bits per heavy atom. The molecule has 3 rings (SSSR count). The number of hydrogen-bond donors (Lipinski definition) is 2. The Morgan fingerprint density at radius 2 is 1.90 bits per heavy atom. The van der Waals surface area contributed by atoms with Gasteiger partial charge in [0.05, 0.1) is 11.4 Å². The lowest BCUT2D eigenvalue weighted by Crippen LogP contribution is -2.50. The van der Waals surface area contributed by atoms with Crippen molar-refractivity contribution in [2.45, 2.75) is 25.9 Å². The molecular formula is C20H29FN4O5S.